The van der Waals surface area contributed by atoms with E-state index in [-0.39, 0.29) is 54.1 Å². The molecule has 0 aromatic heterocycles. The molecule has 398 valence electrons. The number of ketones is 1. The third-order valence-corrected chi connectivity index (χ3v) is 12.6. The number of esters is 5. The van der Waals surface area contributed by atoms with Crippen molar-refractivity contribution >= 4 is 47.4 Å². The number of carbonyl (C=O) groups excluding carboxylic acids is 8. The molecule has 3 aromatic carbocycles. The van der Waals surface area contributed by atoms with Crippen LogP contribution in [-0.2, 0) is 68.6 Å². The highest BCUT2D eigenvalue weighted by Crippen LogP contribution is 2.53. The number of amides is 2. The number of hydrogen-bond acceptors (Lipinski definition) is 15. The summed E-state index contributed by atoms with van der Waals surface area (Å²) in [4.78, 5) is 99.3. The summed E-state index contributed by atoms with van der Waals surface area (Å²) in [5.41, 5.74) is 3.42. The Bertz CT molecular complexity index is 2290. The van der Waals surface area contributed by atoms with Crippen LogP contribution in [0.3, 0.4) is 0 Å². The molecule has 1 aliphatic carbocycles. The molecule has 0 radical (unpaired) electrons. The number of halogens is 1. The van der Waals surface area contributed by atoms with Gasteiger partial charge in [0.15, 0.2) is 24.4 Å². The predicted molar refractivity (Wildman–Crippen MR) is 264 cm³/mol. The van der Waals surface area contributed by atoms with Crippen LogP contribution in [0.15, 0.2) is 72.8 Å². The van der Waals surface area contributed by atoms with Crippen molar-refractivity contribution < 1.29 is 76.3 Å². The van der Waals surface area contributed by atoms with Gasteiger partial charge in [0.1, 0.15) is 24.0 Å². The van der Waals surface area contributed by atoms with Crippen molar-refractivity contribution in [1.29, 1.82) is 0 Å². The SMILES string of the molecule is COc1ccc([C@@H]2C(CC[C@H](O)c3ccc(F)cc3)C(=O)C2c2ccc(CNC(=O)CCCCCCCCCCC(=O)NC[C@H](OC(C)=O)[C@@H](OC(C)=O)[C@H](OC(C)=O)[C@@H](COC(C)=O)OC(C)=O)cc2)cc1. The molecule has 18 heteroatoms. The number of carbonyl (C=O) groups is 8. The minimum Gasteiger partial charge on any atom is -0.497 e. The van der Waals surface area contributed by atoms with E-state index in [0.717, 1.165) is 96.3 Å². The van der Waals surface area contributed by atoms with E-state index in [1.54, 1.807) is 19.2 Å². The Hall–Kier alpha value is -6.69. The van der Waals surface area contributed by atoms with Crippen molar-refractivity contribution in [3.8, 4) is 5.75 Å². The predicted octanol–water partition coefficient (Wildman–Crippen LogP) is 7.34. The highest BCUT2D eigenvalue weighted by Gasteiger charge is 2.50. The van der Waals surface area contributed by atoms with Gasteiger partial charge in [-0.2, -0.15) is 0 Å². The second-order valence-electron chi connectivity index (χ2n) is 18.3. The zero-order chi connectivity index (χ0) is 53.5. The van der Waals surface area contributed by atoms with Crippen molar-refractivity contribution in [2.45, 2.75) is 161 Å². The molecule has 4 rings (SSSR count). The number of hydrogen-bond donors (Lipinski definition) is 3. The molecule has 2 unspecified atom stereocenters. The summed E-state index contributed by atoms with van der Waals surface area (Å²) in [6.07, 6.45) is 1.29. The molecule has 0 spiro atoms. The second-order valence-corrected chi connectivity index (χ2v) is 18.3. The molecule has 3 N–H and O–H groups in total. The number of methoxy groups -OCH3 is 1. The molecule has 0 aliphatic heterocycles. The van der Waals surface area contributed by atoms with Gasteiger partial charge in [-0.05, 0) is 72.2 Å². The number of rotatable bonds is 31. The fourth-order valence-electron chi connectivity index (χ4n) is 9.04. The number of Topliss-reactive ketones (excluding diaryl/α,β-unsaturated/α-hetero) is 1. The molecule has 8 atom stereocenters. The van der Waals surface area contributed by atoms with Gasteiger partial charge in [-0.3, -0.25) is 38.4 Å². The van der Waals surface area contributed by atoms with Crippen LogP contribution in [-0.4, -0.2) is 97.2 Å². The average molecular weight is 1020 g/mol. The Balaban J connectivity index is 1.15. The first-order valence-electron chi connectivity index (χ1n) is 24.9. The average Bonchev–Trinajstić information content (AvgIpc) is 3.34. The summed E-state index contributed by atoms with van der Waals surface area (Å²) in [6, 6.07) is 21.2. The first-order valence-corrected chi connectivity index (χ1v) is 24.9. The Kier molecular flexibility index (Phi) is 24.5. The summed E-state index contributed by atoms with van der Waals surface area (Å²) in [7, 11) is 1.60. The zero-order valence-electron chi connectivity index (χ0n) is 42.7. The number of nitrogens with one attached hydrogen (secondary N) is 2. The van der Waals surface area contributed by atoms with Gasteiger partial charge in [0, 0.05) is 65.8 Å². The molecule has 0 heterocycles. The molecule has 2 amide bonds. The standard InChI is InChI=1S/C55H71FN2O15/c1-34(59)69-33-48(71-36(3)61)55(73-38(5)63)54(72-37(4)62)47(70-35(2)60)32-58-50(66)16-14-12-10-8-7-9-11-13-15-49(65)57-31-39-17-19-42(20-18-39)52-51(41-23-27-44(68-6)28-24-41)45(53(52)67)29-30-46(64)40-21-25-43(56)26-22-40/h17-28,45-48,51-52,54-55,64H,7-16,29-33H2,1-6H3,(H,57,65)(H,58,66)/t45?,46-,47-,48+,51+,52?,54+,55+/m0/s1. The Morgan fingerprint density at radius 2 is 1.10 bits per heavy atom. The third-order valence-electron chi connectivity index (χ3n) is 12.6. The first kappa shape index (κ1) is 58.9. The van der Waals surface area contributed by atoms with Gasteiger partial charge in [-0.25, -0.2) is 4.39 Å². The lowest BCUT2D eigenvalue weighted by molar-refractivity contribution is -0.202. The van der Waals surface area contributed by atoms with Crippen LogP contribution < -0.4 is 15.4 Å². The topological polar surface area (TPSA) is 236 Å². The highest BCUT2D eigenvalue weighted by atomic mass is 19.1. The highest BCUT2D eigenvalue weighted by molar-refractivity contribution is 5.96. The maximum absolute atomic E-state index is 13.7. The number of benzene rings is 3. The minimum absolute atomic E-state index is 0.0440. The Morgan fingerprint density at radius 1 is 0.603 bits per heavy atom. The molecule has 3 aromatic rings. The largest absolute Gasteiger partial charge is 0.497 e. The molecular weight excluding hydrogens is 948 g/mol. The van der Waals surface area contributed by atoms with Crippen molar-refractivity contribution in [3.63, 3.8) is 0 Å². The van der Waals surface area contributed by atoms with Crippen LogP contribution in [0.5, 0.6) is 5.75 Å². The normalized spacial score (nSPS) is 17.0. The van der Waals surface area contributed by atoms with Gasteiger partial charge >= 0.3 is 29.8 Å². The van der Waals surface area contributed by atoms with Gasteiger partial charge in [0.05, 0.1) is 25.7 Å². The fourth-order valence-corrected chi connectivity index (χ4v) is 9.04. The van der Waals surface area contributed by atoms with E-state index in [1.165, 1.54) is 12.1 Å². The van der Waals surface area contributed by atoms with Gasteiger partial charge in [0.2, 0.25) is 11.8 Å². The monoisotopic (exact) mass is 1020 g/mol. The van der Waals surface area contributed by atoms with E-state index < -0.39 is 67.0 Å². The summed E-state index contributed by atoms with van der Waals surface area (Å²) in [5, 5.41) is 16.5. The summed E-state index contributed by atoms with van der Waals surface area (Å²) in [6.45, 7) is 4.81. The van der Waals surface area contributed by atoms with Crippen LogP contribution in [0.4, 0.5) is 4.39 Å². The molecular formula is C55H71FN2O15. The number of unbranched alkanes of at least 4 members (excludes halogenated alkanes) is 7. The van der Waals surface area contributed by atoms with Crippen molar-refractivity contribution in [2.75, 3.05) is 20.3 Å². The Morgan fingerprint density at radius 3 is 1.62 bits per heavy atom. The van der Waals surface area contributed by atoms with Crippen LogP contribution in [0, 0.1) is 11.7 Å². The van der Waals surface area contributed by atoms with Crippen LogP contribution in [0.25, 0.3) is 0 Å². The number of aliphatic hydroxyl groups excluding tert-OH is 1. The lowest BCUT2D eigenvalue weighted by Gasteiger charge is -2.44. The minimum atomic E-state index is -1.60. The maximum atomic E-state index is 13.7. The van der Waals surface area contributed by atoms with Gasteiger partial charge in [0.25, 0.3) is 0 Å². The first-order chi connectivity index (χ1) is 34.9. The fraction of sp³-hybridized carbons (Fsp3) is 0.527. The molecule has 1 aliphatic rings. The van der Waals surface area contributed by atoms with Gasteiger partial charge in [-0.1, -0.05) is 87.1 Å². The molecule has 0 bridgehead atoms. The van der Waals surface area contributed by atoms with E-state index in [0.29, 0.717) is 43.5 Å². The number of ether oxygens (including phenoxy) is 6. The van der Waals surface area contributed by atoms with Gasteiger partial charge in [-0.15, -0.1) is 0 Å². The van der Waals surface area contributed by atoms with E-state index in [1.807, 2.05) is 48.5 Å². The number of aliphatic hydroxyl groups is 1. The molecule has 73 heavy (non-hydrogen) atoms. The quantitative estimate of drug-likeness (QED) is 0.0325. The lowest BCUT2D eigenvalue weighted by atomic mass is 9.57. The second kappa shape index (κ2) is 30.4. The zero-order valence-corrected chi connectivity index (χ0v) is 42.7. The van der Waals surface area contributed by atoms with Crippen LogP contribution in [0.1, 0.15) is 152 Å². The third kappa shape index (κ3) is 20.0. The van der Waals surface area contributed by atoms with E-state index in [2.05, 4.69) is 10.6 Å². The van der Waals surface area contributed by atoms with E-state index in [4.69, 9.17) is 28.4 Å². The van der Waals surface area contributed by atoms with Crippen molar-refractivity contribution in [2.24, 2.45) is 5.92 Å². The Labute approximate surface area is 426 Å². The van der Waals surface area contributed by atoms with Gasteiger partial charge < -0.3 is 44.2 Å². The summed E-state index contributed by atoms with van der Waals surface area (Å²) in [5.74, 6) is -4.82. The smallest absolute Gasteiger partial charge is 0.303 e. The summed E-state index contributed by atoms with van der Waals surface area (Å²) < 4.78 is 45.2. The summed E-state index contributed by atoms with van der Waals surface area (Å²) >= 11 is 0. The van der Waals surface area contributed by atoms with Crippen LogP contribution >= 0.6 is 0 Å². The van der Waals surface area contributed by atoms with Crippen molar-refractivity contribution in [3.05, 3.63) is 101 Å². The maximum Gasteiger partial charge on any atom is 0.303 e. The molecule has 0 saturated heterocycles. The van der Waals surface area contributed by atoms with Crippen molar-refractivity contribution in [1.82, 2.24) is 10.6 Å². The molecule has 1 saturated carbocycles. The van der Waals surface area contributed by atoms with E-state index >= 15 is 0 Å². The lowest BCUT2D eigenvalue weighted by Crippen LogP contribution is -2.55. The molecule has 17 nitrogen and oxygen atoms in total. The van der Waals surface area contributed by atoms with Crippen LogP contribution in [0.2, 0.25) is 0 Å². The van der Waals surface area contributed by atoms with E-state index in [9.17, 15) is 47.9 Å². The molecule has 1 fully saturated rings.